The van der Waals surface area contributed by atoms with Gasteiger partial charge in [0.15, 0.2) is 0 Å². The molecular formula is C15H22N3O4P. The lowest BCUT2D eigenvalue weighted by atomic mass is 10.1. The van der Waals surface area contributed by atoms with E-state index in [1.807, 2.05) is 38.4 Å². The second kappa shape index (κ2) is 7.17. The highest BCUT2D eigenvalue weighted by atomic mass is 31.2. The Morgan fingerprint density at radius 2 is 2.00 bits per heavy atom. The van der Waals surface area contributed by atoms with Gasteiger partial charge in [-0.25, -0.2) is 14.4 Å². The largest absolute Gasteiger partial charge is 0.453 e. The van der Waals surface area contributed by atoms with Crippen LogP contribution >= 0.6 is 7.67 Å². The predicted molar refractivity (Wildman–Crippen MR) is 89.8 cm³/mol. The Bertz CT molecular complexity index is 741. The summed E-state index contributed by atoms with van der Waals surface area (Å²) in [6, 6.07) is 7.60. The Morgan fingerprint density at radius 1 is 1.30 bits per heavy atom. The minimum atomic E-state index is -3.62. The van der Waals surface area contributed by atoms with Crippen molar-refractivity contribution < 1.29 is 18.6 Å². The Labute approximate surface area is 135 Å². The third-order valence-corrected chi connectivity index (χ3v) is 5.41. The quantitative estimate of drug-likeness (QED) is 0.819. The Morgan fingerprint density at radius 3 is 2.61 bits per heavy atom. The van der Waals surface area contributed by atoms with E-state index in [1.54, 1.807) is 6.20 Å². The summed E-state index contributed by atoms with van der Waals surface area (Å²) in [6.07, 6.45) is 1.76. The van der Waals surface area contributed by atoms with Crippen molar-refractivity contribution in [2.45, 2.75) is 6.42 Å². The van der Waals surface area contributed by atoms with Crippen LogP contribution in [0.4, 0.5) is 4.79 Å². The van der Waals surface area contributed by atoms with Crippen LogP contribution in [-0.4, -0.2) is 50.2 Å². The number of hydrogen-bond acceptors (Lipinski definition) is 5. The number of ether oxygens (including phenoxy) is 1. The fourth-order valence-electron chi connectivity index (χ4n) is 2.34. The molecule has 2 aromatic rings. The zero-order chi connectivity index (χ0) is 17.0. The summed E-state index contributed by atoms with van der Waals surface area (Å²) in [6.45, 7) is 0.857. The monoisotopic (exact) mass is 339 g/mol. The number of hydrogen-bond donors (Lipinski definition) is 1. The summed E-state index contributed by atoms with van der Waals surface area (Å²) >= 11 is 0. The van der Waals surface area contributed by atoms with Gasteiger partial charge in [-0.3, -0.25) is 4.34 Å². The minimum absolute atomic E-state index is 0.739. The average molecular weight is 339 g/mol. The third-order valence-electron chi connectivity index (χ3n) is 3.55. The number of carbonyl (C=O) groups is 1. The smallest absolute Gasteiger partial charge is 0.415 e. The van der Waals surface area contributed by atoms with E-state index in [9.17, 15) is 9.36 Å². The fraction of sp³-hybridized carbons (Fsp3) is 0.400. The molecule has 0 aliphatic carbocycles. The lowest BCUT2D eigenvalue weighted by molar-refractivity contribution is 0.175. The molecule has 1 aromatic heterocycles. The van der Waals surface area contributed by atoms with E-state index in [-0.39, 0.29) is 0 Å². The molecule has 23 heavy (non-hydrogen) atoms. The number of nitrogens with zero attached hydrogens (tertiary/aromatic N) is 2. The van der Waals surface area contributed by atoms with Crippen molar-refractivity contribution in [1.29, 1.82) is 0 Å². The van der Waals surface area contributed by atoms with Crippen LogP contribution in [0.15, 0.2) is 30.5 Å². The Kier molecular flexibility index (Phi) is 5.46. The Hall–Kier alpha value is -1.82. The van der Waals surface area contributed by atoms with Crippen LogP contribution in [0.25, 0.3) is 10.9 Å². The molecule has 1 heterocycles. The van der Waals surface area contributed by atoms with Gasteiger partial charge in [-0.2, -0.15) is 0 Å². The van der Waals surface area contributed by atoms with Crippen molar-refractivity contribution in [2.75, 3.05) is 34.9 Å². The van der Waals surface area contributed by atoms with Crippen molar-refractivity contribution in [1.82, 2.24) is 14.3 Å². The van der Waals surface area contributed by atoms with Crippen LogP contribution in [0, 0.1) is 0 Å². The van der Waals surface area contributed by atoms with E-state index in [0.717, 1.165) is 29.4 Å². The van der Waals surface area contributed by atoms with E-state index in [2.05, 4.69) is 14.7 Å². The van der Waals surface area contributed by atoms with Gasteiger partial charge in [0.25, 0.3) is 0 Å². The normalized spacial score (nSPS) is 14.0. The van der Waals surface area contributed by atoms with Crippen LogP contribution in [0.1, 0.15) is 5.56 Å². The maximum Gasteiger partial charge on any atom is 0.415 e. The van der Waals surface area contributed by atoms with Crippen molar-refractivity contribution in [3.05, 3.63) is 36.0 Å². The molecular weight excluding hydrogens is 317 g/mol. The van der Waals surface area contributed by atoms with E-state index >= 15 is 0 Å². The molecule has 1 unspecified atom stereocenters. The molecule has 126 valence electrons. The zero-order valence-electron chi connectivity index (χ0n) is 13.8. The summed E-state index contributed by atoms with van der Waals surface area (Å²) in [5, 5.41) is 3.29. The van der Waals surface area contributed by atoms with Crippen molar-refractivity contribution in [3.63, 3.8) is 0 Å². The first kappa shape index (κ1) is 17.5. The first-order valence-corrected chi connectivity index (χ1v) is 8.75. The van der Waals surface area contributed by atoms with Gasteiger partial charge >= 0.3 is 13.8 Å². The highest BCUT2D eigenvalue weighted by Gasteiger charge is 2.29. The summed E-state index contributed by atoms with van der Waals surface area (Å²) in [5.41, 5.74) is 1.78. The van der Waals surface area contributed by atoms with Crippen LogP contribution in [0.5, 0.6) is 0 Å². The maximum atomic E-state index is 13.0. The number of fused-ring (bicyclic) bond motifs is 1. The second-order valence-electron chi connectivity index (χ2n) is 5.38. The van der Waals surface area contributed by atoms with Gasteiger partial charge in [-0.15, -0.1) is 0 Å². The first-order valence-electron chi connectivity index (χ1n) is 7.18. The van der Waals surface area contributed by atoms with Gasteiger partial charge in [-0.05, 0) is 32.1 Å². The van der Waals surface area contributed by atoms with E-state index < -0.39 is 13.8 Å². The molecule has 1 amide bonds. The fourth-order valence-corrected chi connectivity index (χ4v) is 3.79. The molecule has 0 radical (unpaired) electrons. The number of methoxy groups -OCH3 is 1. The highest BCUT2D eigenvalue weighted by molar-refractivity contribution is 7.56. The van der Waals surface area contributed by atoms with Crippen molar-refractivity contribution >= 4 is 24.7 Å². The second-order valence-corrected chi connectivity index (χ2v) is 7.44. The Balaban J connectivity index is 2.51. The van der Waals surface area contributed by atoms with Crippen LogP contribution < -0.4 is 5.09 Å². The molecule has 0 aliphatic rings. The van der Waals surface area contributed by atoms with Gasteiger partial charge in [0.1, 0.15) is 0 Å². The summed E-state index contributed by atoms with van der Waals surface area (Å²) in [4.78, 5) is 13.6. The molecule has 0 saturated carbocycles. The topological polar surface area (TPSA) is 72.8 Å². The summed E-state index contributed by atoms with van der Waals surface area (Å²) in [5.74, 6) is 0. The molecule has 2 rings (SSSR count). The summed E-state index contributed by atoms with van der Waals surface area (Å²) in [7, 11) is 2.89. The lowest BCUT2D eigenvalue weighted by Crippen LogP contribution is -2.24. The van der Waals surface area contributed by atoms with Gasteiger partial charge in [-0.1, -0.05) is 18.2 Å². The highest BCUT2D eigenvalue weighted by Crippen LogP contribution is 2.46. The SMILES string of the molecule is COC(=O)NP(=O)(OC)n1cc(CCN(C)C)c2ccccc21. The number of carbonyl (C=O) groups excluding carboxylic acids is 1. The van der Waals surface area contributed by atoms with Crippen molar-refractivity contribution in [2.24, 2.45) is 0 Å². The summed E-state index contributed by atoms with van der Waals surface area (Å²) < 4.78 is 24.2. The van der Waals surface area contributed by atoms with Gasteiger partial charge in [0.05, 0.1) is 12.6 Å². The lowest BCUT2D eigenvalue weighted by Gasteiger charge is -2.18. The molecule has 1 atom stereocenters. The molecule has 0 spiro atoms. The number of rotatable bonds is 6. The molecule has 1 aromatic carbocycles. The maximum absolute atomic E-state index is 13.0. The van der Waals surface area contributed by atoms with Crippen LogP contribution in [0.3, 0.4) is 0 Å². The average Bonchev–Trinajstić information content (AvgIpc) is 2.92. The minimum Gasteiger partial charge on any atom is -0.453 e. The number of amides is 1. The van der Waals surface area contributed by atoms with E-state index in [0.29, 0.717) is 0 Å². The van der Waals surface area contributed by atoms with Crippen LogP contribution in [0.2, 0.25) is 0 Å². The van der Waals surface area contributed by atoms with Gasteiger partial charge in [0.2, 0.25) is 0 Å². The first-order chi connectivity index (χ1) is 10.9. The third kappa shape index (κ3) is 3.75. The number of benzene rings is 1. The zero-order valence-corrected chi connectivity index (χ0v) is 14.7. The molecule has 0 bridgehead atoms. The number of nitrogens with one attached hydrogen (secondary N) is 1. The number of para-hydroxylation sites is 1. The molecule has 7 nitrogen and oxygen atoms in total. The van der Waals surface area contributed by atoms with Crippen molar-refractivity contribution in [3.8, 4) is 0 Å². The molecule has 0 aliphatic heterocycles. The van der Waals surface area contributed by atoms with Gasteiger partial charge in [0, 0.05) is 25.2 Å². The van der Waals surface area contributed by atoms with Gasteiger partial charge < -0.3 is 14.2 Å². The van der Waals surface area contributed by atoms with E-state index in [4.69, 9.17) is 4.52 Å². The number of likely N-dealkylation sites (N-methyl/N-ethyl adjacent to an activating group) is 1. The predicted octanol–water partition coefficient (Wildman–Crippen LogP) is 2.70. The molecule has 0 fully saturated rings. The van der Waals surface area contributed by atoms with E-state index in [1.165, 1.54) is 18.6 Å². The molecule has 8 heteroatoms. The number of aromatic nitrogens is 1. The molecule has 0 saturated heterocycles. The molecule has 1 N–H and O–H groups in total. The van der Waals surface area contributed by atoms with Crippen LogP contribution in [-0.2, 0) is 20.2 Å². The standard InChI is InChI=1S/C15H22N3O4P/c1-17(2)10-9-12-11-18(14-8-6-5-7-13(12)14)23(20,22-4)16-15(19)21-3/h5-8,11H,9-10H2,1-4H3,(H,16,19,20).